The number of methoxy groups -OCH3 is 1. The lowest BCUT2D eigenvalue weighted by Crippen LogP contribution is -2.46. The summed E-state index contributed by atoms with van der Waals surface area (Å²) in [4.78, 5) is 15.0. The van der Waals surface area contributed by atoms with Crippen LogP contribution in [0, 0.1) is 6.92 Å². The molecule has 1 aliphatic heterocycles. The zero-order chi connectivity index (χ0) is 20.8. The van der Waals surface area contributed by atoms with Crippen molar-refractivity contribution in [3.63, 3.8) is 0 Å². The van der Waals surface area contributed by atoms with E-state index in [1.165, 1.54) is 0 Å². The molecule has 1 saturated heterocycles. The van der Waals surface area contributed by atoms with Crippen LogP contribution in [0.15, 0.2) is 30.5 Å². The van der Waals surface area contributed by atoms with Crippen molar-refractivity contribution in [2.75, 3.05) is 38.7 Å². The minimum atomic E-state index is -0.161. The fraction of sp³-hybridized carbons (Fsp3) is 0.545. The normalized spacial score (nSPS) is 15.6. The first-order valence-corrected chi connectivity index (χ1v) is 10.4. The number of rotatable bonds is 7. The zero-order valence-corrected chi connectivity index (χ0v) is 17.9. The third-order valence-corrected chi connectivity index (χ3v) is 5.48. The highest BCUT2D eigenvalue weighted by Gasteiger charge is 2.22. The second-order valence-electron chi connectivity index (χ2n) is 8.00. The molecule has 0 unspecified atom stereocenters. The second-order valence-corrected chi connectivity index (χ2v) is 8.00. The summed E-state index contributed by atoms with van der Waals surface area (Å²) in [5, 5.41) is 10.7. The van der Waals surface area contributed by atoms with Crippen molar-refractivity contribution in [1.29, 1.82) is 0 Å². The van der Waals surface area contributed by atoms with E-state index in [0.29, 0.717) is 0 Å². The summed E-state index contributed by atoms with van der Waals surface area (Å²) in [6.45, 7) is 9.97. The van der Waals surface area contributed by atoms with Crippen molar-refractivity contribution in [1.82, 2.24) is 20.0 Å². The summed E-state index contributed by atoms with van der Waals surface area (Å²) >= 11 is 0. The lowest BCUT2D eigenvalue weighted by Gasteiger charge is -2.32. The molecule has 29 heavy (non-hydrogen) atoms. The fourth-order valence-corrected chi connectivity index (χ4v) is 3.87. The van der Waals surface area contributed by atoms with Gasteiger partial charge < -0.3 is 20.3 Å². The number of nitrogens with one attached hydrogen (secondary N) is 2. The SMILES string of the molecule is COCCN1CCC(NC(=O)Nc2cnn(-c3ccccc3C)c2C(C)C)CC1. The van der Waals surface area contributed by atoms with Crippen LogP contribution in [-0.4, -0.2) is 60.1 Å². The first kappa shape index (κ1) is 21.3. The molecule has 0 saturated carbocycles. The van der Waals surface area contributed by atoms with Crippen LogP contribution in [0.2, 0.25) is 0 Å². The van der Waals surface area contributed by atoms with E-state index in [1.807, 2.05) is 16.8 Å². The Morgan fingerprint density at radius 1 is 1.28 bits per heavy atom. The molecule has 1 aromatic heterocycles. The Kier molecular flexibility index (Phi) is 7.28. The molecular weight excluding hydrogens is 366 g/mol. The maximum atomic E-state index is 12.6. The van der Waals surface area contributed by atoms with Gasteiger partial charge in [-0.15, -0.1) is 0 Å². The molecule has 3 rings (SSSR count). The molecule has 7 nitrogen and oxygen atoms in total. The molecule has 2 N–H and O–H groups in total. The number of nitrogens with zero attached hydrogens (tertiary/aromatic N) is 3. The molecule has 0 bridgehead atoms. The molecule has 0 spiro atoms. The van der Waals surface area contributed by atoms with Crippen molar-refractivity contribution < 1.29 is 9.53 Å². The summed E-state index contributed by atoms with van der Waals surface area (Å²) in [5.74, 6) is 0.219. The molecule has 1 aromatic carbocycles. The Morgan fingerprint density at radius 3 is 2.66 bits per heavy atom. The first-order chi connectivity index (χ1) is 14.0. The van der Waals surface area contributed by atoms with Gasteiger partial charge in [-0.05, 0) is 37.3 Å². The fourth-order valence-electron chi connectivity index (χ4n) is 3.87. The van der Waals surface area contributed by atoms with Gasteiger partial charge in [-0.2, -0.15) is 5.10 Å². The number of aryl methyl sites for hydroxylation is 1. The van der Waals surface area contributed by atoms with Gasteiger partial charge in [-0.1, -0.05) is 32.0 Å². The number of amides is 2. The van der Waals surface area contributed by atoms with Crippen LogP contribution in [0.4, 0.5) is 10.5 Å². The van der Waals surface area contributed by atoms with Crippen molar-refractivity contribution >= 4 is 11.7 Å². The molecule has 2 aromatic rings. The largest absolute Gasteiger partial charge is 0.383 e. The predicted molar refractivity (Wildman–Crippen MR) is 116 cm³/mol. The highest BCUT2D eigenvalue weighted by Crippen LogP contribution is 2.28. The Bertz CT molecular complexity index is 809. The minimum absolute atomic E-state index is 0.161. The van der Waals surface area contributed by atoms with E-state index in [4.69, 9.17) is 4.74 Å². The average molecular weight is 400 g/mol. The van der Waals surface area contributed by atoms with Gasteiger partial charge >= 0.3 is 6.03 Å². The quantitative estimate of drug-likeness (QED) is 0.747. The van der Waals surface area contributed by atoms with Gasteiger partial charge in [-0.25, -0.2) is 9.48 Å². The molecule has 2 amide bonds. The Balaban J connectivity index is 1.63. The predicted octanol–water partition coefficient (Wildman–Crippen LogP) is 3.54. The number of likely N-dealkylation sites (tertiary alicyclic amines) is 1. The van der Waals surface area contributed by atoms with Gasteiger partial charge in [-0.3, -0.25) is 0 Å². The van der Waals surface area contributed by atoms with Crippen molar-refractivity contribution in [3.05, 3.63) is 41.7 Å². The molecule has 0 radical (unpaired) electrons. The molecule has 158 valence electrons. The molecule has 1 aliphatic rings. The van der Waals surface area contributed by atoms with Crippen molar-refractivity contribution in [2.24, 2.45) is 0 Å². The summed E-state index contributed by atoms with van der Waals surface area (Å²) in [5.41, 5.74) is 3.95. The van der Waals surface area contributed by atoms with E-state index in [9.17, 15) is 4.79 Å². The average Bonchev–Trinajstić information content (AvgIpc) is 3.11. The molecule has 0 atom stereocenters. The van der Waals surface area contributed by atoms with Gasteiger partial charge in [0.1, 0.15) is 0 Å². The molecule has 1 fully saturated rings. The number of urea groups is 1. The van der Waals surface area contributed by atoms with Gasteiger partial charge in [0.2, 0.25) is 0 Å². The lowest BCUT2D eigenvalue weighted by molar-refractivity contribution is 0.127. The maximum Gasteiger partial charge on any atom is 0.319 e. The van der Waals surface area contributed by atoms with Crippen LogP contribution >= 0.6 is 0 Å². The third-order valence-electron chi connectivity index (χ3n) is 5.48. The van der Waals surface area contributed by atoms with Crippen molar-refractivity contribution in [2.45, 2.75) is 45.6 Å². The number of carbonyl (C=O) groups is 1. The number of hydrogen-bond donors (Lipinski definition) is 2. The highest BCUT2D eigenvalue weighted by molar-refractivity contribution is 5.90. The summed E-state index contributed by atoms with van der Waals surface area (Å²) in [7, 11) is 1.73. The Labute approximate surface area is 173 Å². The van der Waals surface area contributed by atoms with E-state index in [0.717, 1.165) is 61.7 Å². The van der Waals surface area contributed by atoms with Gasteiger partial charge in [0.15, 0.2) is 0 Å². The van der Waals surface area contributed by atoms with E-state index in [-0.39, 0.29) is 18.0 Å². The highest BCUT2D eigenvalue weighted by atomic mass is 16.5. The van der Waals surface area contributed by atoms with Crippen LogP contribution in [-0.2, 0) is 4.74 Å². The second kappa shape index (κ2) is 9.89. The minimum Gasteiger partial charge on any atom is -0.383 e. The molecule has 7 heteroatoms. The third kappa shape index (κ3) is 5.36. The number of anilines is 1. The standard InChI is InChI=1S/C22H33N5O2/c1-16(2)21-19(15-23-27(21)20-8-6-5-7-17(20)3)25-22(28)24-18-9-11-26(12-10-18)13-14-29-4/h5-8,15-16,18H,9-14H2,1-4H3,(H2,24,25,28). The van der Waals surface area contributed by atoms with Crippen LogP contribution in [0.5, 0.6) is 0 Å². The number of hydrogen-bond acceptors (Lipinski definition) is 4. The monoisotopic (exact) mass is 399 g/mol. The van der Waals surface area contributed by atoms with E-state index >= 15 is 0 Å². The van der Waals surface area contributed by atoms with E-state index in [2.05, 4.69) is 53.5 Å². The first-order valence-electron chi connectivity index (χ1n) is 10.4. The summed E-state index contributed by atoms with van der Waals surface area (Å²) in [6, 6.07) is 8.18. The molecule has 2 heterocycles. The van der Waals surface area contributed by atoms with Crippen LogP contribution in [0.25, 0.3) is 5.69 Å². The summed E-state index contributed by atoms with van der Waals surface area (Å²) < 4.78 is 7.08. The smallest absolute Gasteiger partial charge is 0.319 e. The van der Waals surface area contributed by atoms with Crippen molar-refractivity contribution in [3.8, 4) is 5.69 Å². The Morgan fingerprint density at radius 2 is 2.00 bits per heavy atom. The number of piperidine rings is 1. The number of para-hydroxylation sites is 1. The van der Waals surface area contributed by atoms with Crippen LogP contribution in [0.1, 0.15) is 43.9 Å². The number of aromatic nitrogens is 2. The van der Waals surface area contributed by atoms with Gasteiger partial charge in [0.25, 0.3) is 0 Å². The molecule has 0 aliphatic carbocycles. The van der Waals surface area contributed by atoms with E-state index in [1.54, 1.807) is 13.3 Å². The number of benzene rings is 1. The zero-order valence-electron chi connectivity index (χ0n) is 17.9. The van der Waals surface area contributed by atoms with Gasteiger partial charge in [0.05, 0.1) is 29.9 Å². The number of carbonyl (C=O) groups excluding carboxylic acids is 1. The van der Waals surface area contributed by atoms with Crippen LogP contribution < -0.4 is 10.6 Å². The van der Waals surface area contributed by atoms with Crippen LogP contribution in [0.3, 0.4) is 0 Å². The Hall–Kier alpha value is -2.38. The topological polar surface area (TPSA) is 71.4 Å². The van der Waals surface area contributed by atoms with Gasteiger partial charge in [0, 0.05) is 32.8 Å². The number of ether oxygens (including phenoxy) is 1. The van der Waals surface area contributed by atoms with E-state index < -0.39 is 0 Å². The molecular formula is C22H33N5O2. The lowest BCUT2D eigenvalue weighted by atomic mass is 10.1. The summed E-state index contributed by atoms with van der Waals surface area (Å²) in [6.07, 6.45) is 3.65. The maximum absolute atomic E-state index is 12.6.